The Kier molecular flexibility index (Phi) is 7.58. The standard InChI is InChI=1S/C19H15F2N3O3S.C6H5F2N/c1-10(25)22-7-13-8-24(19(26)27-13)12-5-14(20)18(15(21)6-12)11-2-3-16-17(4-11)28-9-23-16;7-4-1-5(8)3-6(9)2-4/h2-6,9,13H,7-8H2,1H3,(H,22,25);1-3H,9H2. The van der Waals surface area contributed by atoms with Crippen molar-refractivity contribution in [2.75, 3.05) is 23.7 Å². The fourth-order valence-corrected chi connectivity index (χ4v) is 4.39. The lowest BCUT2D eigenvalue weighted by atomic mass is 10.0. The van der Waals surface area contributed by atoms with Gasteiger partial charge in [0.05, 0.1) is 40.1 Å². The van der Waals surface area contributed by atoms with Crippen LogP contribution < -0.4 is 16.0 Å². The zero-order valence-electron chi connectivity index (χ0n) is 19.3. The number of hydrogen-bond donors (Lipinski definition) is 2. The molecule has 1 fully saturated rings. The third-order valence-electron chi connectivity index (χ3n) is 5.30. The molecule has 12 heteroatoms. The molecule has 0 saturated carbocycles. The van der Waals surface area contributed by atoms with Crippen LogP contribution in [-0.4, -0.2) is 36.2 Å². The molecule has 1 atom stereocenters. The van der Waals surface area contributed by atoms with E-state index in [4.69, 9.17) is 10.5 Å². The molecule has 3 aromatic carbocycles. The van der Waals surface area contributed by atoms with E-state index in [1.807, 2.05) is 0 Å². The van der Waals surface area contributed by atoms with Crippen LogP contribution in [0.15, 0.2) is 54.0 Å². The maximum atomic E-state index is 14.8. The number of anilines is 2. The number of rotatable bonds is 4. The highest BCUT2D eigenvalue weighted by molar-refractivity contribution is 7.16. The van der Waals surface area contributed by atoms with Crippen molar-refractivity contribution in [3.8, 4) is 11.1 Å². The number of cyclic esters (lactones) is 1. The van der Waals surface area contributed by atoms with E-state index < -0.39 is 35.5 Å². The van der Waals surface area contributed by atoms with Crippen molar-refractivity contribution in [2.45, 2.75) is 13.0 Å². The zero-order chi connectivity index (χ0) is 26.7. The van der Waals surface area contributed by atoms with Gasteiger partial charge in [0.25, 0.3) is 0 Å². The monoisotopic (exact) mass is 532 g/mol. The van der Waals surface area contributed by atoms with Crippen molar-refractivity contribution in [2.24, 2.45) is 0 Å². The lowest BCUT2D eigenvalue weighted by Crippen LogP contribution is -2.33. The van der Waals surface area contributed by atoms with Crippen molar-refractivity contribution < 1.29 is 31.9 Å². The number of nitrogen functional groups attached to an aromatic ring is 1. The molecule has 3 N–H and O–H groups in total. The van der Waals surface area contributed by atoms with E-state index in [-0.39, 0.29) is 35.9 Å². The molecule has 7 nitrogen and oxygen atoms in total. The first-order valence-corrected chi connectivity index (χ1v) is 11.8. The highest BCUT2D eigenvalue weighted by Gasteiger charge is 2.33. The van der Waals surface area contributed by atoms with E-state index in [1.165, 1.54) is 18.3 Å². The van der Waals surface area contributed by atoms with Crippen molar-refractivity contribution in [3.05, 3.63) is 77.3 Å². The molecule has 2 heterocycles. The minimum absolute atomic E-state index is 0.0629. The van der Waals surface area contributed by atoms with Crippen molar-refractivity contribution >= 4 is 44.9 Å². The molecule has 0 aliphatic carbocycles. The Bertz CT molecular complexity index is 1410. The summed E-state index contributed by atoms with van der Waals surface area (Å²) in [5, 5.41) is 2.55. The van der Waals surface area contributed by atoms with Crippen LogP contribution in [0.25, 0.3) is 21.3 Å². The number of fused-ring (bicyclic) bond motifs is 1. The van der Waals surface area contributed by atoms with Crippen LogP contribution in [0.4, 0.5) is 33.7 Å². The number of hydrogen-bond acceptors (Lipinski definition) is 6. The fourth-order valence-electron chi connectivity index (χ4n) is 3.67. The normalized spacial score (nSPS) is 14.8. The summed E-state index contributed by atoms with van der Waals surface area (Å²) < 4.78 is 59.7. The average molecular weight is 533 g/mol. The minimum atomic E-state index is -0.781. The molecule has 0 radical (unpaired) electrons. The van der Waals surface area contributed by atoms with Gasteiger partial charge in [-0.2, -0.15) is 0 Å². The Labute approximate surface area is 212 Å². The van der Waals surface area contributed by atoms with Gasteiger partial charge in [-0.1, -0.05) is 6.07 Å². The largest absolute Gasteiger partial charge is 0.442 e. The van der Waals surface area contributed by atoms with Gasteiger partial charge in [-0.05, 0) is 42.0 Å². The molecule has 0 spiro atoms. The van der Waals surface area contributed by atoms with Gasteiger partial charge in [0, 0.05) is 18.7 Å². The Morgan fingerprint density at radius 3 is 2.41 bits per heavy atom. The number of aromatic nitrogens is 1. The number of nitrogens with one attached hydrogen (secondary N) is 1. The van der Waals surface area contributed by atoms with Crippen molar-refractivity contribution in [1.82, 2.24) is 10.3 Å². The number of nitrogens with zero attached hydrogens (tertiary/aromatic N) is 2. The molecule has 1 unspecified atom stereocenters. The first-order chi connectivity index (χ1) is 17.6. The molecule has 192 valence electrons. The molecule has 4 aromatic rings. The van der Waals surface area contributed by atoms with Crippen LogP contribution in [0.3, 0.4) is 0 Å². The van der Waals surface area contributed by atoms with E-state index in [9.17, 15) is 27.2 Å². The van der Waals surface area contributed by atoms with Crippen molar-refractivity contribution in [3.63, 3.8) is 0 Å². The Hall–Kier alpha value is -4.19. The topological polar surface area (TPSA) is 97.5 Å². The van der Waals surface area contributed by atoms with Crippen LogP contribution in [0.5, 0.6) is 0 Å². The number of nitrogens with two attached hydrogens (primary N) is 1. The number of carbonyl (C=O) groups excluding carboxylic acids is 2. The highest BCUT2D eigenvalue weighted by atomic mass is 32.1. The second-order valence-electron chi connectivity index (χ2n) is 8.08. The predicted octanol–water partition coefficient (Wildman–Crippen LogP) is 5.25. The van der Waals surface area contributed by atoms with Crippen LogP contribution in [0.2, 0.25) is 0 Å². The highest BCUT2D eigenvalue weighted by Crippen LogP contribution is 2.34. The number of thiazole rings is 1. The lowest BCUT2D eigenvalue weighted by molar-refractivity contribution is -0.119. The molecular weight excluding hydrogens is 512 g/mol. The second-order valence-corrected chi connectivity index (χ2v) is 8.96. The quantitative estimate of drug-likeness (QED) is 0.276. The smallest absolute Gasteiger partial charge is 0.414 e. The van der Waals surface area contributed by atoms with Crippen LogP contribution >= 0.6 is 11.3 Å². The lowest BCUT2D eigenvalue weighted by Gasteiger charge is -2.15. The van der Waals surface area contributed by atoms with E-state index in [2.05, 4.69) is 10.3 Å². The summed E-state index contributed by atoms with van der Waals surface area (Å²) >= 11 is 1.38. The zero-order valence-corrected chi connectivity index (χ0v) is 20.1. The third-order valence-corrected chi connectivity index (χ3v) is 6.09. The van der Waals surface area contributed by atoms with E-state index in [1.54, 1.807) is 23.7 Å². The Morgan fingerprint density at radius 1 is 1.11 bits per heavy atom. The molecule has 2 amide bonds. The van der Waals surface area contributed by atoms with Gasteiger partial charge in [-0.3, -0.25) is 9.69 Å². The Balaban J connectivity index is 0.000000301. The van der Waals surface area contributed by atoms with Gasteiger partial charge >= 0.3 is 6.09 Å². The summed E-state index contributed by atoms with van der Waals surface area (Å²) in [5.41, 5.74) is 7.90. The van der Waals surface area contributed by atoms with Crippen LogP contribution in [-0.2, 0) is 9.53 Å². The first-order valence-electron chi connectivity index (χ1n) is 10.9. The van der Waals surface area contributed by atoms with E-state index in [0.29, 0.717) is 5.56 Å². The van der Waals surface area contributed by atoms with Gasteiger partial charge in [-0.15, -0.1) is 11.3 Å². The maximum absolute atomic E-state index is 14.8. The SMILES string of the molecule is CC(=O)NCC1CN(c2cc(F)c(-c3ccc4ncsc4c3)c(F)c2)C(=O)O1.Nc1cc(F)cc(F)c1. The number of carbonyl (C=O) groups is 2. The van der Waals surface area contributed by atoms with E-state index in [0.717, 1.165) is 45.4 Å². The Morgan fingerprint density at radius 2 is 1.78 bits per heavy atom. The van der Waals surface area contributed by atoms with Gasteiger partial charge in [0.15, 0.2) is 0 Å². The molecule has 37 heavy (non-hydrogen) atoms. The summed E-state index contributed by atoms with van der Waals surface area (Å²) in [7, 11) is 0. The fraction of sp³-hybridized carbons (Fsp3) is 0.160. The molecule has 1 aromatic heterocycles. The summed E-state index contributed by atoms with van der Waals surface area (Å²) in [6.45, 7) is 1.57. The molecule has 0 bridgehead atoms. The molecular formula is C25H20F4N4O3S. The van der Waals surface area contributed by atoms with Gasteiger partial charge in [0.2, 0.25) is 5.91 Å². The second kappa shape index (κ2) is 10.8. The summed E-state index contributed by atoms with van der Waals surface area (Å²) in [4.78, 5) is 28.4. The molecule has 1 aliphatic rings. The third kappa shape index (κ3) is 6.15. The van der Waals surface area contributed by atoms with Crippen LogP contribution in [0.1, 0.15) is 6.92 Å². The first kappa shape index (κ1) is 25.9. The number of ether oxygens (including phenoxy) is 1. The number of amides is 2. The number of halogens is 4. The predicted molar refractivity (Wildman–Crippen MR) is 132 cm³/mol. The summed E-state index contributed by atoms with van der Waals surface area (Å²) in [6, 6.07) is 10.1. The van der Waals surface area contributed by atoms with Gasteiger partial charge < -0.3 is 15.8 Å². The van der Waals surface area contributed by atoms with E-state index >= 15 is 0 Å². The summed E-state index contributed by atoms with van der Waals surface area (Å²) in [5.74, 6) is -3.11. The van der Waals surface area contributed by atoms with Crippen LogP contribution in [0, 0.1) is 23.3 Å². The maximum Gasteiger partial charge on any atom is 0.414 e. The van der Waals surface area contributed by atoms with Gasteiger partial charge in [-0.25, -0.2) is 27.3 Å². The molecule has 1 saturated heterocycles. The minimum Gasteiger partial charge on any atom is -0.442 e. The van der Waals surface area contributed by atoms with Crippen molar-refractivity contribution in [1.29, 1.82) is 0 Å². The summed E-state index contributed by atoms with van der Waals surface area (Å²) in [6.07, 6.45) is -1.30. The van der Waals surface area contributed by atoms with Gasteiger partial charge in [0.1, 0.15) is 29.4 Å². The number of benzene rings is 3. The molecule has 5 rings (SSSR count). The molecule has 1 aliphatic heterocycles. The average Bonchev–Trinajstić information content (AvgIpc) is 3.42.